The number of hydrogen-bond acceptors (Lipinski definition) is 4. The summed E-state index contributed by atoms with van der Waals surface area (Å²) < 4.78 is 0. The van der Waals surface area contributed by atoms with Crippen molar-refractivity contribution in [2.45, 2.75) is 39.2 Å². The lowest BCUT2D eigenvalue weighted by molar-refractivity contribution is -0.116. The van der Waals surface area contributed by atoms with E-state index in [0.717, 1.165) is 42.7 Å². The predicted molar refractivity (Wildman–Crippen MR) is 98.6 cm³/mol. The molecule has 3 heterocycles. The quantitative estimate of drug-likeness (QED) is 0.791. The highest BCUT2D eigenvalue weighted by Gasteiger charge is 2.24. The third-order valence-electron chi connectivity index (χ3n) is 4.27. The summed E-state index contributed by atoms with van der Waals surface area (Å²) in [6.07, 6.45) is 5.95. The van der Waals surface area contributed by atoms with E-state index in [2.05, 4.69) is 20.2 Å². The molecule has 1 atom stereocenters. The lowest BCUT2D eigenvalue weighted by atomic mass is 10.1. The number of carbonyl (C=O) groups excluding carboxylic acids is 1. The van der Waals surface area contributed by atoms with Crippen molar-refractivity contribution in [2.75, 3.05) is 23.3 Å². The minimum Gasteiger partial charge on any atom is -0.368 e. The first-order valence-electron chi connectivity index (χ1n) is 8.41. The van der Waals surface area contributed by atoms with Crippen LogP contribution < -0.4 is 16.0 Å². The van der Waals surface area contributed by atoms with E-state index in [1.165, 1.54) is 0 Å². The van der Waals surface area contributed by atoms with Crippen molar-refractivity contribution in [1.82, 2.24) is 9.97 Å². The summed E-state index contributed by atoms with van der Waals surface area (Å²) in [4.78, 5) is 21.8. The highest BCUT2D eigenvalue weighted by atomic mass is 35.5. The predicted octanol–water partition coefficient (Wildman–Crippen LogP) is 3.13. The average molecular weight is 350 g/mol. The molecule has 24 heavy (non-hydrogen) atoms. The normalized spacial score (nSPS) is 18.4. The number of halogens is 1. The molecule has 7 heteroatoms. The molecule has 0 aromatic carbocycles. The smallest absolute Gasteiger partial charge is 0.224 e. The summed E-state index contributed by atoms with van der Waals surface area (Å²) in [5.41, 5.74) is 8.47. The van der Waals surface area contributed by atoms with E-state index in [9.17, 15) is 4.79 Å². The Hall–Kier alpha value is -1.79. The molecule has 0 saturated carbocycles. The number of carbonyl (C=O) groups is 1. The van der Waals surface area contributed by atoms with Crippen LogP contribution in [0.2, 0.25) is 5.02 Å². The van der Waals surface area contributed by atoms with Gasteiger partial charge in [0.1, 0.15) is 5.65 Å². The zero-order valence-corrected chi connectivity index (χ0v) is 14.9. The second-order valence-corrected chi connectivity index (χ2v) is 7.28. The zero-order chi connectivity index (χ0) is 17.3. The van der Waals surface area contributed by atoms with Crippen LogP contribution in [0.1, 0.15) is 33.1 Å². The van der Waals surface area contributed by atoms with Gasteiger partial charge in [-0.2, -0.15) is 0 Å². The molecule has 0 bridgehead atoms. The molecule has 2 aromatic heterocycles. The number of amides is 1. The number of aromatic amines is 1. The lowest BCUT2D eigenvalue weighted by Crippen LogP contribution is -2.43. The molecule has 1 unspecified atom stereocenters. The van der Waals surface area contributed by atoms with Gasteiger partial charge in [0, 0.05) is 31.7 Å². The van der Waals surface area contributed by atoms with Crippen molar-refractivity contribution in [3.8, 4) is 0 Å². The number of rotatable bonds is 4. The number of aromatic nitrogens is 2. The highest BCUT2D eigenvalue weighted by Crippen LogP contribution is 2.38. The molecule has 4 N–H and O–H groups in total. The Morgan fingerprint density at radius 2 is 2.38 bits per heavy atom. The second-order valence-electron chi connectivity index (χ2n) is 6.88. The van der Waals surface area contributed by atoms with Gasteiger partial charge >= 0.3 is 0 Å². The number of pyridine rings is 1. The van der Waals surface area contributed by atoms with Gasteiger partial charge in [0.15, 0.2) is 0 Å². The second kappa shape index (κ2) is 6.99. The van der Waals surface area contributed by atoms with Gasteiger partial charge in [0.2, 0.25) is 5.91 Å². The van der Waals surface area contributed by atoms with Crippen molar-refractivity contribution in [1.29, 1.82) is 0 Å². The van der Waals surface area contributed by atoms with E-state index < -0.39 is 0 Å². The van der Waals surface area contributed by atoms with Crippen LogP contribution in [0.15, 0.2) is 12.4 Å². The van der Waals surface area contributed by atoms with Crippen molar-refractivity contribution < 1.29 is 4.79 Å². The Bertz CT molecular complexity index is 742. The molecule has 0 aliphatic carbocycles. The maximum Gasteiger partial charge on any atom is 0.224 e. The van der Waals surface area contributed by atoms with Gasteiger partial charge in [-0.05, 0) is 18.8 Å². The maximum absolute atomic E-state index is 12.2. The van der Waals surface area contributed by atoms with Crippen LogP contribution in [0.5, 0.6) is 0 Å². The van der Waals surface area contributed by atoms with Crippen LogP contribution >= 0.6 is 11.6 Å². The maximum atomic E-state index is 12.2. The Kier molecular flexibility index (Phi) is 4.96. The number of nitrogens with zero attached hydrogens (tertiary/aromatic N) is 2. The first kappa shape index (κ1) is 17.0. The van der Waals surface area contributed by atoms with E-state index in [1.807, 2.05) is 13.8 Å². The molecule has 1 saturated heterocycles. The Labute approximate surface area is 146 Å². The highest BCUT2D eigenvalue weighted by molar-refractivity contribution is 6.35. The third-order valence-corrected chi connectivity index (χ3v) is 4.55. The van der Waals surface area contributed by atoms with E-state index in [-0.39, 0.29) is 11.9 Å². The Morgan fingerprint density at radius 1 is 1.58 bits per heavy atom. The fourth-order valence-electron chi connectivity index (χ4n) is 3.25. The van der Waals surface area contributed by atoms with Crippen molar-refractivity contribution in [2.24, 2.45) is 11.7 Å². The topological polar surface area (TPSA) is 87.0 Å². The largest absolute Gasteiger partial charge is 0.368 e. The Balaban J connectivity index is 1.99. The van der Waals surface area contributed by atoms with Crippen molar-refractivity contribution in [3.63, 3.8) is 0 Å². The minimum absolute atomic E-state index is 0.00725. The molecule has 1 amide bonds. The molecule has 1 aliphatic heterocycles. The molecule has 3 rings (SSSR count). The van der Waals surface area contributed by atoms with Gasteiger partial charge in [0.25, 0.3) is 0 Å². The number of fused-ring (bicyclic) bond motifs is 1. The SMILES string of the molecule is CC(C)CC(=O)Nc1c[nH]c2ncc(Cl)c(N3CCCC(N)C3)c12. The molecule has 1 fully saturated rings. The van der Waals surface area contributed by atoms with Gasteiger partial charge in [-0.1, -0.05) is 25.4 Å². The van der Waals surface area contributed by atoms with Crippen LogP contribution in [0.3, 0.4) is 0 Å². The van der Waals surface area contributed by atoms with Gasteiger partial charge in [-0.15, -0.1) is 0 Å². The molecular weight excluding hydrogens is 326 g/mol. The van der Waals surface area contributed by atoms with Crippen molar-refractivity contribution >= 4 is 39.9 Å². The van der Waals surface area contributed by atoms with Crippen molar-refractivity contribution in [3.05, 3.63) is 17.4 Å². The van der Waals surface area contributed by atoms with Crippen LogP contribution in [0.25, 0.3) is 11.0 Å². The number of piperidine rings is 1. The summed E-state index contributed by atoms with van der Waals surface area (Å²) in [5.74, 6) is 0.295. The fraction of sp³-hybridized carbons (Fsp3) is 0.529. The van der Waals surface area contributed by atoms with E-state index >= 15 is 0 Å². The van der Waals surface area contributed by atoms with E-state index in [4.69, 9.17) is 17.3 Å². The van der Waals surface area contributed by atoms with Crippen LogP contribution in [-0.4, -0.2) is 35.0 Å². The summed E-state index contributed by atoms with van der Waals surface area (Å²) in [7, 11) is 0. The number of nitrogens with one attached hydrogen (secondary N) is 2. The number of hydrogen-bond donors (Lipinski definition) is 3. The Morgan fingerprint density at radius 3 is 3.08 bits per heavy atom. The molecule has 0 radical (unpaired) electrons. The van der Waals surface area contributed by atoms with Gasteiger partial charge in [-0.3, -0.25) is 4.79 Å². The molecular formula is C17H24ClN5O. The monoisotopic (exact) mass is 349 g/mol. The fourth-order valence-corrected chi connectivity index (χ4v) is 3.51. The molecule has 6 nitrogen and oxygen atoms in total. The number of anilines is 2. The van der Waals surface area contributed by atoms with E-state index in [0.29, 0.717) is 23.0 Å². The van der Waals surface area contributed by atoms with Gasteiger partial charge < -0.3 is 20.9 Å². The summed E-state index contributed by atoms with van der Waals surface area (Å²) in [6, 6.07) is 0.135. The lowest BCUT2D eigenvalue weighted by Gasteiger charge is -2.33. The van der Waals surface area contributed by atoms with E-state index in [1.54, 1.807) is 12.4 Å². The number of H-pyrrole nitrogens is 1. The summed E-state index contributed by atoms with van der Waals surface area (Å²) in [6.45, 7) is 5.70. The van der Waals surface area contributed by atoms with Crippen LogP contribution in [0.4, 0.5) is 11.4 Å². The molecule has 1 aliphatic rings. The molecule has 0 spiro atoms. The van der Waals surface area contributed by atoms with Gasteiger partial charge in [-0.25, -0.2) is 4.98 Å². The number of nitrogens with two attached hydrogens (primary N) is 1. The third kappa shape index (κ3) is 3.49. The minimum atomic E-state index is -0.00725. The van der Waals surface area contributed by atoms with Crippen LogP contribution in [-0.2, 0) is 4.79 Å². The molecule has 2 aromatic rings. The van der Waals surface area contributed by atoms with Gasteiger partial charge in [0.05, 0.1) is 28.0 Å². The first-order valence-corrected chi connectivity index (χ1v) is 8.79. The summed E-state index contributed by atoms with van der Waals surface area (Å²) in [5, 5.41) is 4.42. The molecule has 130 valence electrons. The first-order chi connectivity index (χ1) is 11.5. The zero-order valence-electron chi connectivity index (χ0n) is 14.1. The van der Waals surface area contributed by atoms with Crippen LogP contribution in [0, 0.1) is 5.92 Å². The standard InChI is InChI=1S/C17H24ClN5O/c1-10(2)6-14(24)22-13-8-21-17-15(13)16(12(18)7-20-17)23-5-3-4-11(19)9-23/h7-8,10-11H,3-6,9,19H2,1-2H3,(H,20,21)(H,22,24). The average Bonchev–Trinajstić information content (AvgIpc) is 2.89. The summed E-state index contributed by atoms with van der Waals surface area (Å²) >= 11 is 6.46.